The number of rotatable bonds is 7. The molecule has 164 valence electrons. The molecule has 4 rings (SSSR count). The van der Waals surface area contributed by atoms with E-state index < -0.39 is 0 Å². The van der Waals surface area contributed by atoms with Crippen molar-refractivity contribution >= 4 is 28.3 Å². The Morgan fingerprint density at radius 1 is 1.12 bits per heavy atom. The van der Waals surface area contributed by atoms with Gasteiger partial charge in [-0.2, -0.15) is 5.10 Å². The minimum Gasteiger partial charge on any atom is -0.469 e. The Morgan fingerprint density at radius 2 is 1.91 bits per heavy atom. The summed E-state index contributed by atoms with van der Waals surface area (Å²) in [4.78, 5) is 29.1. The molecule has 32 heavy (non-hydrogen) atoms. The lowest BCUT2D eigenvalue weighted by Crippen LogP contribution is -2.25. The van der Waals surface area contributed by atoms with Crippen molar-refractivity contribution in [2.75, 3.05) is 5.32 Å². The van der Waals surface area contributed by atoms with Gasteiger partial charge in [-0.25, -0.2) is 9.67 Å². The third-order valence-corrected chi connectivity index (χ3v) is 5.93. The van der Waals surface area contributed by atoms with E-state index in [0.717, 1.165) is 22.6 Å². The summed E-state index contributed by atoms with van der Waals surface area (Å²) in [6.07, 6.45) is 1.59. The number of amides is 2. The lowest BCUT2D eigenvalue weighted by atomic mass is 10.2. The molecule has 0 saturated heterocycles. The topological polar surface area (TPSA) is 102 Å². The van der Waals surface area contributed by atoms with Gasteiger partial charge in [0.2, 0.25) is 5.91 Å². The molecule has 9 heteroatoms. The van der Waals surface area contributed by atoms with E-state index in [2.05, 4.69) is 20.7 Å². The van der Waals surface area contributed by atoms with Gasteiger partial charge in [0.25, 0.3) is 5.91 Å². The summed E-state index contributed by atoms with van der Waals surface area (Å²) >= 11 is 1.28. The van der Waals surface area contributed by atoms with Crippen molar-refractivity contribution in [2.24, 2.45) is 0 Å². The maximum Gasteiger partial charge on any atom is 0.260 e. The van der Waals surface area contributed by atoms with Gasteiger partial charge < -0.3 is 9.73 Å². The van der Waals surface area contributed by atoms with Crippen LogP contribution in [0.4, 0.5) is 5.13 Å². The van der Waals surface area contributed by atoms with Crippen LogP contribution in [0.3, 0.4) is 0 Å². The molecule has 0 radical (unpaired) electrons. The average molecular weight is 450 g/mol. The summed E-state index contributed by atoms with van der Waals surface area (Å²) in [6, 6.07) is 11.5. The highest BCUT2D eigenvalue weighted by Crippen LogP contribution is 2.19. The first-order chi connectivity index (χ1) is 15.4. The van der Waals surface area contributed by atoms with Gasteiger partial charge in [-0.15, -0.1) is 11.3 Å². The summed E-state index contributed by atoms with van der Waals surface area (Å²) < 4.78 is 7.03. The minimum atomic E-state index is -0.289. The number of thiazole rings is 1. The summed E-state index contributed by atoms with van der Waals surface area (Å²) in [6.45, 7) is 6.03. The fourth-order valence-electron chi connectivity index (χ4n) is 3.40. The predicted molar refractivity (Wildman–Crippen MR) is 122 cm³/mol. The van der Waals surface area contributed by atoms with Gasteiger partial charge in [0.1, 0.15) is 5.76 Å². The van der Waals surface area contributed by atoms with Gasteiger partial charge in [0, 0.05) is 23.2 Å². The first-order valence-corrected chi connectivity index (χ1v) is 11.0. The van der Waals surface area contributed by atoms with Crippen LogP contribution in [0.5, 0.6) is 0 Å². The molecule has 2 amide bonds. The van der Waals surface area contributed by atoms with E-state index in [9.17, 15) is 9.59 Å². The first-order valence-electron chi connectivity index (χ1n) is 10.1. The zero-order valence-corrected chi connectivity index (χ0v) is 18.8. The molecule has 0 unspecified atom stereocenters. The highest BCUT2D eigenvalue weighted by Gasteiger charge is 2.16. The normalized spacial score (nSPS) is 10.8. The molecule has 8 nitrogen and oxygen atoms in total. The van der Waals surface area contributed by atoms with Crippen LogP contribution in [0.25, 0.3) is 5.69 Å². The van der Waals surface area contributed by atoms with Crippen LogP contribution in [-0.4, -0.2) is 26.6 Å². The van der Waals surface area contributed by atoms with Crippen LogP contribution in [0.1, 0.15) is 38.8 Å². The van der Waals surface area contributed by atoms with Gasteiger partial charge in [0.05, 0.1) is 35.3 Å². The van der Waals surface area contributed by atoms with Crippen molar-refractivity contribution < 1.29 is 14.0 Å². The molecule has 3 aromatic heterocycles. The molecule has 0 aliphatic carbocycles. The Kier molecular flexibility index (Phi) is 6.18. The zero-order valence-electron chi connectivity index (χ0n) is 18.0. The van der Waals surface area contributed by atoms with Crippen molar-refractivity contribution in [3.63, 3.8) is 0 Å². The predicted octanol–water partition coefficient (Wildman–Crippen LogP) is 3.96. The van der Waals surface area contributed by atoms with Gasteiger partial charge in [0.15, 0.2) is 5.13 Å². The molecular formula is C23H23N5O3S. The Balaban J connectivity index is 1.35. The summed E-state index contributed by atoms with van der Waals surface area (Å²) in [5.41, 5.74) is 4.89. The largest absolute Gasteiger partial charge is 0.469 e. The fraction of sp³-hybridized carbons (Fsp3) is 0.217. The van der Waals surface area contributed by atoms with E-state index in [-0.39, 0.29) is 18.2 Å². The lowest BCUT2D eigenvalue weighted by Gasteiger charge is -2.07. The highest BCUT2D eigenvalue weighted by molar-refractivity contribution is 7.14. The molecule has 0 fully saturated rings. The number of benzene rings is 1. The standard InChI is InChI=1S/C23H23N5O3S/c1-14-20(15(2)28(27-14)18-7-5-4-6-8-18)12-24-21(29)11-17-13-32-23(25-17)26-22(30)19-9-10-31-16(19)3/h4-10,13H,11-12H2,1-3H3,(H,24,29)(H,25,26,30). The smallest absolute Gasteiger partial charge is 0.260 e. The summed E-state index contributed by atoms with van der Waals surface area (Å²) in [7, 11) is 0. The molecule has 3 heterocycles. The molecule has 0 saturated carbocycles. The molecule has 0 atom stereocenters. The maximum absolute atomic E-state index is 12.5. The van der Waals surface area contributed by atoms with Crippen LogP contribution >= 0.6 is 11.3 Å². The van der Waals surface area contributed by atoms with Gasteiger partial charge in [-0.1, -0.05) is 18.2 Å². The first kappa shape index (κ1) is 21.5. The minimum absolute atomic E-state index is 0.127. The number of hydrogen-bond acceptors (Lipinski definition) is 6. The van der Waals surface area contributed by atoms with Crippen molar-refractivity contribution in [2.45, 2.75) is 33.7 Å². The molecule has 2 N–H and O–H groups in total. The molecule has 4 aromatic rings. The van der Waals surface area contributed by atoms with Crippen molar-refractivity contribution in [3.8, 4) is 5.69 Å². The SMILES string of the molecule is Cc1nn(-c2ccccc2)c(C)c1CNC(=O)Cc1csc(NC(=O)c2ccoc2C)n1. The molecule has 0 bridgehead atoms. The van der Waals surface area contributed by atoms with Crippen LogP contribution in [0.15, 0.2) is 52.5 Å². The number of carbonyl (C=O) groups excluding carboxylic acids is 2. The third kappa shape index (κ3) is 4.62. The molecule has 0 aliphatic rings. The Labute approximate surface area is 189 Å². The fourth-order valence-corrected chi connectivity index (χ4v) is 4.10. The van der Waals surface area contributed by atoms with E-state index in [4.69, 9.17) is 4.42 Å². The second kappa shape index (κ2) is 9.19. The van der Waals surface area contributed by atoms with Gasteiger partial charge >= 0.3 is 0 Å². The zero-order chi connectivity index (χ0) is 22.7. The van der Waals surface area contributed by atoms with Gasteiger partial charge in [-0.05, 0) is 39.0 Å². The van der Waals surface area contributed by atoms with E-state index in [1.54, 1.807) is 18.4 Å². The summed E-state index contributed by atoms with van der Waals surface area (Å²) in [5.74, 6) is 0.105. The monoisotopic (exact) mass is 449 g/mol. The van der Waals surface area contributed by atoms with E-state index in [1.165, 1.54) is 17.6 Å². The number of aromatic nitrogens is 3. The quantitative estimate of drug-likeness (QED) is 0.445. The highest BCUT2D eigenvalue weighted by atomic mass is 32.1. The van der Waals surface area contributed by atoms with Crippen LogP contribution in [-0.2, 0) is 17.8 Å². The van der Waals surface area contributed by atoms with E-state index >= 15 is 0 Å². The van der Waals surface area contributed by atoms with E-state index in [1.807, 2.05) is 48.9 Å². The Bertz CT molecular complexity index is 1260. The molecular weight excluding hydrogens is 426 g/mol. The number of anilines is 1. The molecule has 1 aromatic carbocycles. The maximum atomic E-state index is 12.5. The average Bonchev–Trinajstić information content (AvgIpc) is 3.47. The number of nitrogens with one attached hydrogen (secondary N) is 2. The van der Waals surface area contributed by atoms with Gasteiger partial charge in [-0.3, -0.25) is 14.9 Å². The van der Waals surface area contributed by atoms with Crippen LogP contribution < -0.4 is 10.6 Å². The van der Waals surface area contributed by atoms with Crippen LogP contribution in [0, 0.1) is 20.8 Å². The lowest BCUT2D eigenvalue weighted by molar-refractivity contribution is -0.120. The number of carbonyl (C=O) groups is 2. The summed E-state index contributed by atoms with van der Waals surface area (Å²) in [5, 5.41) is 12.5. The third-order valence-electron chi connectivity index (χ3n) is 5.12. The number of hydrogen-bond donors (Lipinski definition) is 2. The van der Waals surface area contributed by atoms with Crippen LogP contribution in [0.2, 0.25) is 0 Å². The Morgan fingerprint density at radius 3 is 2.62 bits per heavy atom. The number of para-hydroxylation sites is 1. The number of furan rings is 1. The van der Waals surface area contributed by atoms with E-state index in [0.29, 0.717) is 28.7 Å². The second-order valence-corrected chi connectivity index (χ2v) is 8.20. The second-order valence-electron chi connectivity index (χ2n) is 7.34. The van der Waals surface area contributed by atoms with Crippen molar-refractivity contribution in [3.05, 3.63) is 82.0 Å². The molecule has 0 spiro atoms. The van der Waals surface area contributed by atoms with Crippen molar-refractivity contribution in [1.29, 1.82) is 0 Å². The van der Waals surface area contributed by atoms with Crippen molar-refractivity contribution in [1.82, 2.24) is 20.1 Å². The molecule has 0 aliphatic heterocycles. The Hall–Kier alpha value is -3.72. The number of nitrogens with zero attached hydrogens (tertiary/aromatic N) is 3. The number of aryl methyl sites for hydroxylation is 2.